The van der Waals surface area contributed by atoms with Gasteiger partial charge in [0, 0.05) is 17.1 Å². The predicted octanol–water partition coefficient (Wildman–Crippen LogP) is 5.68. The normalized spacial score (nSPS) is 12.7. The molecule has 0 heterocycles. The third-order valence-corrected chi connectivity index (χ3v) is 9.02. The number of aryl methyl sites for hydroxylation is 1. The van der Waals surface area contributed by atoms with Crippen LogP contribution in [0.25, 0.3) is 0 Å². The van der Waals surface area contributed by atoms with Crippen molar-refractivity contribution < 1.29 is 22.7 Å². The molecule has 0 aliphatic heterocycles. The van der Waals surface area contributed by atoms with Crippen molar-refractivity contribution in [2.75, 3.05) is 17.5 Å². The number of hydrogen-bond donors (Lipinski definition) is 1. The maximum absolute atomic E-state index is 14.0. The second-order valence-corrected chi connectivity index (χ2v) is 12.7. The van der Waals surface area contributed by atoms with Gasteiger partial charge in [-0.15, -0.1) is 0 Å². The molecule has 0 fully saturated rings. The second-order valence-electron chi connectivity index (χ2n) is 9.90. The van der Waals surface area contributed by atoms with Crippen LogP contribution in [-0.2, 0) is 26.2 Å². The summed E-state index contributed by atoms with van der Waals surface area (Å²) in [5, 5.41) is 2.94. The molecule has 0 saturated heterocycles. The van der Waals surface area contributed by atoms with E-state index in [1.54, 1.807) is 43.3 Å². The van der Waals surface area contributed by atoms with Gasteiger partial charge in [0.2, 0.25) is 11.8 Å². The Morgan fingerprint density at radius 3 is 2.22 bits per heavy atom. The van der Waals surface area contributed by atoms with E-state index in [1.165, 1.54) is 17.0 Å². The first kappa shape index (κ1) is 32.1. The fourth-order valence-electron chi connectivity index (χ4n) is 4.12. The van der Waals surface area contributed by atoms with E-state index in [-0.39, 0.29) is 23.4 Å². The van der Waals surface area contributed by atoms with Crippen molar-refractivity contribution in [3.63, 3.8) is 0 Å². The lowest BCUT2D eigenvalue weighted by molar-refractivity contribution is -0.139. The number of carbonyl (C=O) groups excluding carboxylic acids is 2. The van der Waals surface area contributed by atoms with Gasteiger partial charge < -0.3 is 15.0 Å². The number of rotatable bonds is 13. The third-order valence-electron chi connectivity index (χ3n) is 6.73. The predicted molar refractivity (Wildman–Crippen MR) is 165 cm³/mol. The van der Waals surface area contributed by atoms with Gasteiger partial charge in [-0.1, -0.05) is 52.7 Å². The van der Waals surface area contributed by atoms with Crippen LogP contribution >= 0.6 is 15.9 Å². The summed E-state index contributed by atoms with van der Waals surface area (Å²) in [5.41, 5.74) is 2.01. The Labute approximate surface area is 251 Å². The summed E-state index contributed by atoms with van der Waals surface area (Å²) in [6.45, 7) is 9.33. The fraction of sp³-hybridized carbons (Fsp3) is 0.355. The largest absolute Gasteiger partial charge is 0.494 e. The standard InChI is InChI=1S/C31H38BrN3O5S/c1-6-23(4)33-31(37)24(5)34(20-25-9-8-10-26(32)19-25)30(36)21-35(27-13-15-28(16-14-27)40-7-2)41(38,39)29-17-11-22(3)12-18-29/h8-19,23-24H,6-7,20-21H2,1-5H3,(H,33,37)/t23-,24-/m1/s1. The maximum atomic E-state index is 14.0. The zero-order valence-electron chi connectivity index (χ0n) is 24.1. The number of benzene rings is 3. The zero-order chi connectivity index (χ0) is 30.2. The molecule has 3 aromatic carbocycles. The van der Waals surface area contributed by atoms with Crippen LogP contribution in [0.4, 0.5) is 5.69 Å². The van der Waals surface area contributed by atoms with Crippen LogP contribution in [0.15, 0.2) is 82.2 Å². The molecular weight excluding hydrogens is 606 g/mol. The molecule has 0 aliphatic rings. The number of nitrogens with one attached hydrogen (secondary N) is 1. The molecule has 1 N–H and O–H groups in total. The topological polar surface area (TPSA) is 96.0 Å². The van der Waals surface area contributed by atoms with Crippen molar-refractivity contribution in [2.24, 2.45) is 0 Å². The minimum absolute atomic E-state index is 0.0610. The average Bonchev–Trinajstić information content (AvgIpc) is 2.95. The van der Waals surface area contributed by atoms with Gasteiger partial charge in [-0.25, -0.2) is 8.42 Å². The Bertz CT molecular complexity index is 1430. The van der Waals surface area contributed by atoms with E-state index in [2.05, 4.69) is 21.2 Å². The molecule has 0 radical (unpaired) electrons. The Morgan fingerprint density at radius 1 is 0.976 bits per heavy atom. The number of anilines is 1. The van der Waals surface area contributed by atoms with Crippen LogP contribution in [0.5, 0.6) is 5.75 Å². The lowest BCUT2D eigenvalue weighted by Crippen LogP contribution is -2.52. The van der Waals surface area contributed by atoms with E-state index in [4.69, 9.17) is 4.74 Å². The number of carbonyl (C=O) groups is 2. The SMILES string of the molecule is CCOc1ccc(N(CC(=O)N(Cc2cccc(Br)c2)[C@H](C)C(=O)N[C@H](C)CC)S(=O)(=O)c2ccc(C)cc2)cc1. The molecule has 10 heteroatoms. The Kier molecular flexibility index (Phi) is 11.4. The highest BCUT2D eigenvalue weighted by atomic mass is 79.9. The van der Waals surface area contributed by atoms with Crippen molar-refractivity contribution in [3.8, 4) is 5.75 Å². The van der Waals surface area contributed by atoms with Crippen LogP contribution in [-0.4, -0.2) is 50.4 Å². The summed E-state index contributed by atoms with van der Waals surface area (Å²) in [7, 11) is -4.14. The van der Waals surface area contributed by atoms with Crippen LogP contribution in [0.3, 0.4) is 0 Å². The number of hydrogen-bond acceptors (Lipinski definition) is 5. The maximum Gasteiger partial charge on any atom is 0.264 e. The summed E-state index contributed by atoms with van der Waals surface area (Å²) < 4.78 is 35.3. The number of ether oxygens (including phenoxy) is 1. The molecule has 8 nitrogen and oxygen atoms in total. The molecule has 0 aromatic heterocycles. The molecule has 0 unspecified atom stereocenters. The molecule has 41 heavy (non-hydrogen) atoms. The van der Waals surface area contributed by atoms with E-state index < -0.39 is 28.5 Å². The Balaban J connectivity index is 2.03. The molecular formula is C31H38BrN3O5S. The highest BCUT2D eigenvalue weighted by molar-refractivity contribution is 9.10. The van der Waals surface area contributed by atoms with Crippen molar-refractivity contribution in [3.05, 3.63) is 88.4 Å². The van der Waals surface area contributed by atoms with Crippen LogP contribution in [0.1, 0.15) is 45.2 Å². The summed E-state index contributed by atoms with van der Waals surface area (Å²) in [5.74, 6) is -0.236. The van der Waals surface area contributed by atoms with Gasteiger partial charge in [-0.2, -0.15) is 0 Å². The van der Waals surface area contributed by atoms with Crippen LogP contribution in [0.2, 0.25) is 0 Å². The second kappa shape index (κ2) is 14.5. The van der Waals surface area contributed by atoms with Crippen molar-refractivity contribution in [1.29, 1.82) is 0 Å². The first-order valence-corrected chi connectivity index (χ1v) is 15.9. The first-order chi connectivity index (χ1) is 19.5. The van der Waals surface area contributed by atoms with E-state index in [0.29, 0.717) is 18.0 Å². The van der Waals surface area contributed by atoms with E-state index >= 15 is 0 Å². The van der Waals surface area contributed by atoms with Gasteiger partial charge in [0.25, 0.3) is 10.0 Å². The van der Waals surface area contributed by atoms with Gasteiger partial charge in [0.15, 0.2) is 0 Å². The third kappa shape index (κ3) is 8.56. The number of amides is 2. The molecule has 0 aliphatic carbocycles. The highest BCUT2D eigenvalue weighted by Crippen LogP contribution is 2.27. The van der Waals surface area contributed by atoms with Gasteiger partial charge in [-0.3, -0.25) is 13.9 Å². The molecule has 0 bridgehead atoms. The number of nitrogens with zero attached hydrogens (tertiary/aromatic N) is 2. The summed E-state index contributed by atoms with van der Waals surface area (Å²) in [4.78, 5) is 28.7. The summed E-state index contributed by atoms with van der Waals surface area (Å²) >= 11 is 3.46. The van der Waals surface area contributed by atoms with Crippen molar-refractivity contribution >= 4 is 43.5 Å². The van der Waals surface area contributed by atoms with Crippen molar-refractivity contribution in [2.45, 2.75) is 64.6 Å². The average molecular weight is 645 g/mol. The first-order valence-electron chi connectivity index (χ1n) is 13.6. The molecule has 220 valence electrons. The lowest BCUT2D eigenvalue weighted by atomic mass is 10.1. The van der Waals surface area contributed by atoms with E-state index in [9.17, 15) is 18.0 Å². The minimum atomic E-state index is -4.14. The highest BCUT2D eigenvalue weighted by Gasteiger charge is 2.32. The fourth-order valence-corrected chi connectivity index (χ4v) is 5.98. The Hall–Kier alpha value is -3.37. The van der Waals surface area contributed by atoms with Gasteiger partial charge in [0.05, 0.1) is 17.2 Å². The molecule has 3 rings (SSSR count). The molecule has 0 saturated carbocycles. The van der Waals surface area contributed by atoms with E-state index in [1.807, 2.05) is 52.0 Å². The molecule has 2 amide bonds. The van der Waals surface area contributed by atoms with Gasteiger partial charge in [-0.05, 0) is 88.2 Å². The summed E-state index contributed by atoms with van der Waals surface area (Å²) in [6.07, 6.45) is 0.734. The lowest BCUT2D eigenvalue weighted by Gasteiger charge is -2.32. The van der Waals surface area contributed by atoms with Crippen LogP contribution < -0.4 is 14.4 Å². The minimum Gasteiger partial charge on any atom is -0.494 e. The zero-order valence-corrected chi connectivity index (χ0v) is 26.5. The van der Waals surface area contributed by atoms with Crippen molar-refractivity contribution in [1.82, 2.24) is 10.2 Å². The Morgan fingerprint density at radius 2 is 1.63 bits per heavy atom. The summed E-state index contributed by atoms with van der Waals surface area (Å²) in [6, 6.07) is 19.6. The monoisotopic (exact) mass is 643 g/mol. The van der Waals surface area contributed by atoms with Gasteiger partial charge in [0.1, 0.15) is 18.3 Å². The van der Waals surface area contributed by atoms with E-state index in [0.717, 1.165) is 26.3 Å². The molecule has 3 aromatic rings. The number of halogens is 1. The number of sulfonamides is 1. The molecule has 2 atom stereocenters. The van der Waals surface area contributed by atoms with Gasteiger partial charge >= 0.3 is 0 Å². The van der Waals surface area contributed by atoms with Crippen LogP contribution in [0, 0.1) is 6.92 Å². The quantitative estimate of drug-likeness (QED) is 0.258. The molecule has 0 spiro atoms. The smallest absolute Gasteiger partial charge is 0.264 e.